The second kappa shape index (κ2) is 6.58. The van der Waals surface area contributed by atoms with Gasteiger partial charge in [0.1, 0.15) is 17.5 Å². The van der Waals surface area contributed by atoms with Gasteiger partial charge in [-0.15, -0.1) is 0 Å². The number of ether oxygens (including phenoxy) is 1. The molecular weight excluding hydrogens is 380 g/mol. The van der Waals surface area contributed by atoms with Crippen LogP contribution < -0.4 is 10.5 Å². The van der Waals surface area contributed by atoms with Crippen LogP contribution >= 0.6 is 0 Å². The first-order chi connectivity index (χ1) is 14.4. The molecule has 2 aliphatic rings. The van der Waals surface area contributed by atoms with E-state index >= 15 is 0 Å². The fraction of sp³-hybridized carbons (Fsp3) is 0.348. The number of aryl methyl sites for hydroxylation is 1. The van der Waals surface area contributed by atoms with Crippen molar-refractivity contribution in [2.75, 3.05) is 6.54 Å². The Bertz CT molecular complexity index is 1170. The number of rotatable bonds is 4. The highest BCUT2D eigenvalue weighted by molar-refractivity contribution is 6.01. The lowest BCUT2D eigenvalue weighted by Crippen LogP contribution is -2.65. The second-order valence-corrected chi connectivity index (χ2v) is 8.29. The molecule has 1 fully saturated rings. The van der Waals surface area contributed by atoms with Crippen LogP contribution in [0.5, 0.6) is 5.75 Å². The van der Waals surface area contributed by atoms with Gasteiger partial charge in [0.05, 0.1) is 11.0 Å². The molecule has 0 unspecified atom stereocenters. The number of carbonyl (C=O) groups is 2. The maximum absolute atomic E-state index is 13.4. The van der Waals surface area contributed by atoms with E-state index in [1.54, 1.807) is 4.90 Å². The number of piperidine rings is 1. The number of imidazole rings is 1. The van der Waals surface area contributed by atoms with Crippen molar-refractivity contribution in [3.8, 4) is 5.75 Å². The third-order valence-electron chi connectivity index (χ3n) is 6.45. The fourth-order valence-corrected chi connectivity index (χ4v) is 5.06. The van der Waals surface area contributed by atoms with Crippen molar-refractivity contribution in [1.82, 2.24) is 14.5 Å². The van der Waals surface area contributed by atoms with Crippen LogP contribution in [0.1, 0.15) is 30.7 Å². The standard InChI is InChI=1S/C23H24N4O3/c1-14-25-17-8-4-5-9-18(17)26(14)11-12-27-22(29)20(21(24)28)16-13-23(27,2)30-19-10-6-3-7-15(16)19/h3-10,16,20H,11-13H2,1-2H3,(H2,24,28)/t16-,20-,23+/m0/s1. The number of hydrogen-bond donors (Lipinski definition) is 1. The Morgan fingerprint density at radius 3 is 2.73 bits per heavy atom. The molecule has 5 rings (SSSR count). The monoisotopic (exact) mass is 404 g/mol. The molecule has 2 amide bonds. The Balaban J connectivity index is 1.51. The average molecular weight is 404 g/mol. The minimum absolute atomic E-state index is 0.266. The third kappa shape index (κ3) is 2.69. The van der Waals surface area contributed by atoms with E-state index in [2.05, 4.69) is 9.55 Å². The topological polar surface area (TPSA) is 90.5 Å². The smallest absolute Gasteiger partial charge is 0.238 e. The molecule has 3 heterocycles. The highest BCUT2D eigenvalue weighted by Gasteiger charge is 2.55. The number of primary amides is 1. The Morgan fingerprint density at radius 1 is 1.20 bits per heavy atom. The van der Waals surface area contributed by atoms with Crippen molar-refractivity contribution in [2.45, 2.75) is 38.5 Å². The lowest BCUT2D eigenvalue weighted by Gasteiger charge is -2.52. The third-order valence-corrected chi connectivity index (χ3v) is 6.45. The van der Waals surface area contributed by atoms with Gasteiger partial charge in [0.15, 0.2) is 5.72 Å². The molecule has 1 saturated heterocycles. The zero-order valence-corrected chi connectivity index (χ0v) is 17.0. The number of aromatic nitrogens is 2. The van der Waals surface area contributed by atoms with E-state index in [0.29, 0.717) is 25.3 Å². The number of para-hydroxylation sites is 3. The summed E-state index contributed by atoms with van der Waals surface area (Å²) in [5.74, 6) is -0.411. The van der Waals surface area contributed by atoms with Crippen LogP contribution in [0.25, 0.3) is 11.0 Å². The van der Waals surface area contributed by atoms with Gasteiger partial charge in [-0.2, -0.15) is 0 Å². The number of nitrogens with two attached hydrogens (primary N) is 1. The highest BCUT2D eigenvalue weighted by Crippen LogP contribution is 2.49. The largest absolute Gasteiger partial charge is 0.468 e. The van der Waals surface area contributed by atoms with Crippen molar-refractivity contribution < 1.29 is 14.3 Å². The summed E-state index contributed by atoms with van der Waals surface area (Å²) in [6, 6.07) is 15.5. The van der Waals surface area contributed by atoms with Crippen molar-refractivity contribution >= 4 is 22.8 Å². The molecule has 0 radical (unpaired) electrons. The first kappa shape index (κ1) is 18.7. The molecule has 2 aromatic carbocycles. The minimum Gasteiger partial charge on any atom is -0.468 e. The first-order valence-corrected chi connectivity index (χ1v) is 10.2. The Kier molecular flexibility index (Phi) is 4.10. The fourth-order valence-electron chi connectivity index (χ4n) is 5.06. The van der Waals surface area contributed by atoms with Gasteiger partial charge in [-0.05, 0) is 37.6 Å². The van der Waals surface area contributed by atoms with Crippen LogP contribution in [0.2, 0.25) is 0 Å². The van der Waals surface area contributed by atoms with Gasteiger partial charge in [-0.3, -0.25) is 9.59 Å². The number of hydrogen-bond acceptors (Lipinski definition) is 4. The molecule has 2 bridgehead atoms. The van der Waals surface area contributed by atoms with Gasteiger partial charge >= 0.3 is 0 Å². The zero-order chi connectivity index (χ0) is 21.0. The molecule has 2 N–H and O–H groups in total. The summed E-state index contributed by atoms with van der Waals surface area (Å²) in [4.78, 5) is 32.0. The predicted molar refractivity (Wildman–Crippen MR) is 112 cm³/mol. The lowest BCUT2D eigenvalue weighted by atomic mass is 9.73. The molecule has 0 saturated carbocycles. The molecule has 0 spiro atoms. The second-order valence-electron chi connectivity index (χ2n) is 8.29. The normalized spacial score (nSPS) is 25.1. The van der Waals surface area contributed by atoms with E-state index in [4.69, 9.17) is 10.5 Å². The Hall–Kier alpha value is -3.35. The minimum atomic E-state index is -0.885. The summed E-state index contributed by atoms with van der Waals surface area (Å²) in [6.07, 6.45) is 0.535. The van der Waals surface area contributed by atoms with E-state index in [1.165, 1.54) is 0 Å². The zero-order valence-electron chi connectivity index (χ0n) is 17.0. The van der Waals surface area contributed by atoms with Crippen molar-refractivity contribution in [3.63, 3.8) is 0 Å². The van der Waals surface area contributed by atoms with Gasteiger partial charge in [-0.25, -0.2) is 4.98 Å². The number of amides is 2. The summed E-state index contributed by atoms with van der Waals surface area (Å²) >= 11 is 0. The van der Waals surface area contributed by atoms with Crippen molar-refractivity contribution in [2.24, 2.45) is 11.7 Å². The van der Waals surface area contributed by atoms with Crippen LogP contribution in [-0.2, 0) is 16.1 Å². The molecule has 7 heteroatoms. The number of carbonyl (C=O) groups excluding carboxylic acids is 2. The summed E-state index contributed by atoms with van der Waals surface area (Å²) in [5, 5.41) is 0. The average Bonchev–Trinajstić information content (AvgIpc) is 3.02. The molecule has 3 atom stereocenters. The maximum Gasteiger partial charge on any atom is 0.238 e. The molecule has 7 nitrogen and oxygen atoms in total. The number of fused-ring (bicyclic) bond motifs is 5. The van der Waals surface area contributed by atoms with Gasteiger partial charge in [0.25, 0.3) is 0 Å². The van der Waals surface area contributed by atoms with E-state index in [-0.39, 0.29) is 11.8 Å². The van der Waals surface area contributed by atoms with Crippen LogP contribution in [0.3, 0.4) is 0 Å². The number of benzene rings is 2. The summed E-state index contributed by atoms with van der Waals surface area (Å²) in [5.41, 5.74) is 7.69. The summed E-state index contributed by atoms with van der Waals surface area (Å²) < 4.78 is 8.41. The van der Waals surface area contributed by atoms with Crippen molar-refractivity contribution in [1.29, 1.82) is 0 Å². The van der Waals surface area contributed by atoms with Gasteiger partial charge < -0.3 is 19.9 Å². The molecule has 3 aromatic rings. The number of nitrogens with zero attached hydrogens (tertiary/aromatic N) is 3. The summed E-state index contributed by atoms with van der Waals surface area (Å²) in [7, 11) is 0. The summed E-state index contributed by atoms with van der Waals surface area (Å²) in [6.45, 7) is 4.82. The van der Waals surface area contributed by atoms with Gasteiger partial charge in [0.2, 0.25) is 11.8 Å². The van der Waals surface area contributed by atoms with E-state index in [9.17, 15) is 9.59 Å². The lowest BCUT2D eigenvalue weighted by molar-refractivity contribution is -0.175. The van der Waals surface area contributed by atoms with Gasteiger partial charge in [0, 0.05) is 25.4 Å². The Labute approximate surface area is 174 Å². The van der Waals surface area contributed by atoms with Gasteiger partial charge in [-0.1, -0.05) is 30.3 Å². The van der Waals surface area contributed by atoms with E-state index in [0.717, 1.165) is 22.4 Å². The first-order valence-electron chi connectivity index (χ1n) is 10.2. The van der Waals surface area contributed by atoms with Crippen LogP contribution in [-0.4, -0.2) is 38.5 Å². The van der Waals surface area contributed by atoms with Crippen LogP contribution in [0.4, 0.5) is 0 Å². The van der Waals surface area contributed by atoms with Crippen LogP contribution in [0, 0.1) is 12.8 Å². The van der Waals surface area contributed by atoms with Crippen molar-refractivity contribution in [3.05, 3.63) is 59.9 Å². The Morgan fingerprint density at radius 2 is 1.93 bits per heavy atom. The van der Waals surface area contributed by atoms with E-state index < -0.39 is 17.6 Å². The molecule has 1 aromatic heterocycles. The quantitative estimate of drug-likeness (QED) is 0.677. The molecule has 30 heavy (non-hydrogen) atoms. The van der Waals surface area contributed by atoms with Crippen LogP contribution in [0.15, 0.2) is 48.5 Å². The molecule has 0 aliphatic carbocycles. The number of likely N-dealkylation sites (tertiary alicyclic amines) is 1. The maximum atomic E-state index is 13.4. The molecule has 154 valence electrons. The predicted octanol–water partition coefficient (Wildman–Crippen LogP) is 2.57. The SMILES string of the molecule is Cc1nc2ccccc2n1CCN1C(=O)[C@H](C(N)=O)[C@H]2C[C@@]1(C)Oc1ccccc12. The molecule has 2 aliphatic heterocycles. The highest BCUT2D eigenvalue weighted by atomic mass is 16.5. The molecular formula is C23H24N4O3. The van der Waals surface area contributed by atoms with E-state index in [1.807, 2.05) is 62.4 Å².